The highest BCUT2D eigenvalue weighted by Crippen LogP contribution is 2.30. The lowest BCUT2D eigenvalue weighted by atomic mass is 9.94. The number of amides is 1. The smallest absolute Gasteiger partial charge is 0.293 e. The molecule has 0 N–H and O–H groups in total. The standard InChI is InChI=1S/C13H17NO4/c1-4-5-6-7-14-10(11(15)12(14)16)9-8-17-13(2,3)18-9/h1,9-10H,5-8H2,2-3H3/t9-,10+/m1/s1. The molecule has 2 aliphatic rings. The first-order valence-electron chi connectivity index (χ1n) is 6.06. The molecule has 0 saturated carbocycles. The summed E-state index contributed by atoms with van der Waals surface area (Å²) in [6, 6.07) is -0.503. The van der Waals surface area contributed by atoms with Crippen LogP contribution in [0.3, 0.4) is 0 Å². The van der Waals surface area contributed by atoms with Gasteiger partial charge < -0.3 is 14.4 Å². The molecule has 0 unspecified atom stereocenters. The van der Waals surface area contributed by atoms with Gasteiger partial charge >= 0.3 is 0 Å². The van der Waals surface area contributed by atoms with Crippen molar-refractivity contribution >= 4 is 11.7 Å². The minimum atomic E-state index is -0.686. The largest absolute Gasteiger partial charge is 0.348 e. The van der Waals surface area contributed by atoms with Crippen molar-refractivity contribution in [3.05, 3.63) is 0 Å². The third-order valence-electron chi connectivity index (χ3n) is 3.18. The number of nitrogens with zero attached hydrogens (tertiary/aromatic N) is 1. The lowest BCUT2D eigenvalue weighted by Crippen LogP contribution is -2.67. The molecule has 98 valence electrons. The Morgan fingerprint density at radius 2 is 2.22 bits per heavy atom. The summed E-state index contributed by atoms with van der Waals surface area (Å²) in [5, 5.41) is 0. The van der Waals surface area contributed by atoms with E-state index < -0.39 is 17.7 Å². The third kappa shape index (κ3) is 2.26. The molecule has 18 heavy (non-hydrogen) atoms. The first kappa shape index (κ1) is 13.1. The van der Waals surface area contributed by atoms with Crippen LogP contribution < -0.4 is 0 Å². The highest BCUT2D eigenvalue weighted by atomic mass is 16.7. The molecule has 1 amide bonds. The summed E-state index contributed by atoms with van der Waals surface area (Å²) in [6.07, 6.45) is 6.09. The molecule has 5 nitrogen and oxygen atoms in total. The van der Waals surface area contributed by atoms with Gasteiger partial charge in [-0.25, -0.2) is 0 Å². The number of carbonyl (C=O) groups is 2. The average molecular weight is 251 g/mol. The number of β-lactam (4-membered cyclic amide) rings is 1. The van der Waals surface area contributed by atoms with E-state index in [0.29, 0.717) is 26.0 Å². The first-order valence-corrected chi connectivity index (χ1v) is 6.06. The van der Waals surface area contributed by atoms with Crippen LogP contribution in [0.15, 0.2) is 0 Å². The van der Waals surface area contributed by atoms with E-state index in [1.807, 2.05) is 0 Å². The van der Waals surface area contributed by atoms with Gasteiger partial charge in [0.05, 0.1) is 6.61 Å². The van der Waals surface area contributed by atoms with E-state index >= 15 is 0 Å². The fourth-order valence-electron chi connectivity index (χ4n) is 2.30. The van der Waals surface area contributed by atoms with Crippen LogP contribution in [-0.4, -0.2) is 47.7 Å². The number of ether oxygens (including phenoxy) is 2. The molecule has 0 radical (unpaired) electrons. The summed E-state index contributed by atoms with van der Waals surface area (Å²) >= 11 is 0. The maximum atomic E-state index is 11.6. The maximum absolute atomic E-state index is 11.6. The van der Waals surface area contributed by atoms with E-state index in [4.69, 9.17) is 15.9 Å². The van der Waals surface area contributed by atoms with Crippen LogP contribution >= 0.6 is 0 Å². The Morgan fingerprint density at radius 1 is 1.50 bits per heavy atom. The van der Waals surface area contributed by atoms with E-state index in [1.54, 1.807) is 13.8 Å². The van der Waals surface area contributed by atoms with Crippen LogP contribution in [0.5, 0.6) is 0 Å². The summed E-state index contributed by atoms with van der Waals surface area (Å²) < 4.78 is 11.1. The zero-order valence-corrected chi connectivity index (χ0v) is 10.6. The Morgan fingerprint density at radius 3 is 2.78 bits per heavy atom. The van der Waals surface area contributed by atoms with Gasteiger partial charge in [0.15, 0.2) is 5.79 Å². The molecule has 2 saturated heterocycles. The third-order valence-corrected chi connectivity index (χ3v) is 3.18. The van der Waals surface area contributed by atoms with E-state index in [2.05, 4.69) is 5.92 Å². The number of carbonyl (C=O) groups excluding carboxylic acids is 2. The normalized spacial score (nSPS) is 30.2. The van der Waals surface area contributed by atoms with E-state index in [-0.39, 0.29) is 11.9 Å². The number of rotatable bonds is 4. The van der Waals surface area contributed by atoms with Crippen molar-refractivity contribution < 1.29 is 19.1 Å². The van der Waals surface area contributed by atoms with Crippen LogP contribution in [0.4, 0.5) is 0 Å². The lowest BCUT2D eigenvalue weighted by Gasteiger charge is -2.41. The second kappa shape index (κ2) is 4.71. The highest BCUT2D eigenvalue weighted by molar-refractivity contribution is 6.44. The molecule has 2 heterocycles. The van der Waals surface area contributed by atoms with Crippen LogP contribution in [0.25, 0.3) is 0 Å². The van der Waals surface area contributed by atoms with Gasteiger partial charge in [-0.2, -0.15) is 0 Å². The van der Waals surface area contributed by atoms with Crippen molar-refractivity contribution in [1.82, 2.24) is 4.90 Å². The number of hydrogen-bond acceptors (Lipinski definition) is 4. The fourth-order valence-corrected chi connectivity index (χ4v) is 2.30. The summed E-state index contributed by atoms with van der Waals surface area (Å²) in [5.74, 6) is 1.00. The monoisotopic (exact) mass is 251 g/mol. The molecule has 0 bridgehead atoms. The topological polar surface area (TPSA) is 55.8 Å². The quantitative estimate of drug-likeness (QED) is 0.313. The molecule has 0 spiro atoms. The molecule has 0 aromatic rings. The van der Waals surface area contributed by atoms with E-state index in [9.17, 15) is 9.59 Å². The van der Waals surface area contributed by atoms with Crippen molar-refractivity contribution in [2.24, 2.45) is 0 Å². The first-order chi connectivity index (χ1) is 8.46. The number of likely N-dealkylation sites (tertiary alicyclic amines) is 1. The Labute approximate surface area is 106 Å². The van der Waals surface area contributed by atoms with E-state index in [1.165, 1.54) is 4.90 Å². The van der Waals surface area contributed by atoms with Gasteiger partial charge in [-0.05, 0) is 20.3 Å². The molecule has 0 aromatic carbocycles. The Balaban J connectivity index is 1.96. The van der Waals surface area contributed by atoms with Crippen molar-refractivity contribution in [3.63, 3.8) is 0 Å². The molecular formula is C13H17NO4. The molecule has 2 rings (SSSR count). The molecule has 2 atom stereocenters. The molecule has 2 fully saturated rings. The second-order valence-electron chi connectivity index (χ2n) is 4.98. The predicted molar refractivity (Wildman–Crippen MR) is 63.5 cm³/mol. The molecular weight excluding hydrogens is 234 g/mol. The Hall–Kier alpha value is -1.38. The van der Waals surface area contributed by atoms with Gasteiger partial charge in [-0.3, -0.25) is 9.59 Å². The number of ketones is 1. The van der Waals surface area contributed by atoms with Crippen LogP contribution in [0.1, 0.15) is 26.7 Å². The minimum absolute atomic E-state index is 0.336. The van der Waals surface area contributed by atoms with Gasteiger partial charge in [0.1, 0.15) is 12.1 Å². The van der Waals surface area contributed by atoms with Crippen molar-refractivity contribution in [3.8, 4) is 12.3 Å². The molecule has 0 aliphatic carbocycles. The number of terminal acetylenes is 1. The SMILES string of the molecule is C#CCCCN1C(=O)C(=O)[C@@H]1[C@H]1COC(C)(C)O1. The Bertz CT molecular complexity index is 410. The summed E-state index contributed by atoms with van der Waals surface area (Å²) in [5.41, 5.74) is 0. The zero-order valence-electron chi connectivity index (χ0n) is 10.6. The minimum Gasteiger partial charge on any atom is -0.348 e. The van der Waals surface area contributed by atoms with Crippen molar-refractivity contribution in [2.75, 3.05) is 13.2 Å². The van der Waals surface area contributed by atoms with Gasteiger partial charge in [-0.1, -0.05) is 0 Å². The molecule has 0 aromatic heterocycles. The number of Topliss-reactive ketones (excluding diaryl/α,β-unsaturated/α-hetero) is 1. The van der Waals surface area contributed by atoms with Crippen molar-refractivity contribution in [2.45, 2.75) is 44.6 Å². The zero-order chi connectivity index (χ0) is 13.3. The molecule has 5 heteroatoms. The van der Waals surface area contributed by atoms with Crippen molar-refractivity contribution in [1.29, 1.82) is 0 Å². The van der Waals surface area contributed by atoms with Crippen LogP contribution in [0.2, 0.25) is 0 Å². The average Bonchev–Trinajstić information content (AvgIpc) is 2.67. The molecule has 2 aliphatic heterocycles. The van der Waals surface area contributed by atoms with Gasteiger partial charge in [0.25, 0.3) is 5.91 Å². The van der Waals surface area contributed by atoms with Gasteiger partial charge in [-0.15, -0.1) is 12.3 Å². The summed E-state index contributed by atoms with van der Waals surface area (Å²) in [4.78, 5) is 24.7. The number of unbranched alkanes of at least 4 members (excludes halogenated alkanes) is 1. The second-order valence-corrected chi connectivity index (χ2v) is 4.98. The predicted octanol–water partition coefficient (Wildman–Crippen LogP) is 0.331. The van der Waals surface area contributed by atoms with Crippen LogP contribution in [0, 0.1) is 12.3 Å². The Kier molecular flexibility index (Phi) is 3.42. The summed E-state index contributed by atoms with van der Waals surface area (Å²) in [7, 11) is 0. The maximum Gasteiger partial charge on any atom is 0.293 e. The van der Waals surface area contributed by atoms with Gasteiger partial charge in [0, 0.05) is 13.0 Å². The van der Waals surface area contributed by atoms with Gasteiger partial charge in [0.2, 0.25) is 5.78 Å². The highest BCUT2D eigenvalue weighted by Gasteiger charge is 2.53. The number of hydrogen-bond donors (Lipinski definition) is 0. The van der Waals surface area contributed by atoms with E-state index in [0.717, 1.165) is 0 Å². The lowest BCUT2D eigenvalue weighted by molar-refractivity contribution is -0.175. The van der Waals surface area contributed by atoms with Crippen LogP contribution in [-0.2, 0) is 19.1 Å². The summed E-state index contributed by atoms with van der Waals surface area (Å²) in [6.45, 7) is 4.42. The fraction of sp³-hybridized carbons (Fsp3) is 0.692.